The van der Waals surface area contributed by atoms with E-state index < -0.39 is 16.2 Å². The smallest absolute Gasteiger partial charge is 0.320 e. The van der Waals surface area contributed by atoms with Gasteiger partial charge < -0.3 is 14.2 Å². The van der Waals surface area contributed by atoms with Crippen molar-refractivity contribution in [1.29, 1.82) is 0 Å². The molecule has 1 aliphatic heterocycles. The van der Waals surface area contributed by atoms with Crippen molar-refractivity contribution in [3.05, 3.63) is 119 Å². The van der Waals surface area contributed by atoms with Crippen molar-refractivity contribution in [2.75, 3.05) is 27.4 Å². The zero-order valence-corrected chi connectivity index (χ0v) is 22.6. The Balaban J connectivity index is 1.43. The van der Waals surface area contributed by atoms with Crippen LogP contribution in [0.5, 0.6) is 0 Å². The van der Waals surface area contributed by atoms with Crippen LogP contribution in [-0.2, 0) is 34.6 Å². The van der Waals surface area contributed by atoms with Gasteiger partial charge in [-0.05, 0) is 57.3 Å². The molecular weight excluding hydrogens is 500 g/mol. The van der Waals surface area contributed by atoms with Gasteiger partial charge in [-0.2, -0.15) is 0 Å². The van der Waals surface area contributed by atoms with Gasteiger partial charge in [0.25, 0.3) is 0 Å². The second-order valence-electron chi connectivity index (χ2n) is 11.3. The molecule has 1 saturated heterocycles. The fourth-order valence-electron chi connectivity index (χ4n) is 7.75. The summed E-state index contributed by atoms with van der Waals surface area (Å²) in [5, 5.41) is 0. The van der Waals surface area contributed by atoms with Gasteiger partial charge in [-0.15, -0.1) is 0 Å². The molecule has 1 heterocycles. The zero-order valence-electron chi connectivity index (χ0n) is 22.6. The largest absolute Gasteiger partial charge is 0.468 e. The lowest BCUT2D eigenvalue weighted by atomic mass is 9.58. The van der Waals surface area contributed by atoms with Gasteiger partial charge in [0.2, 0.25) is 0 Å². The number of esters is 2. The second kappa shape index (κ2) is 8.90. The van der Waals surface area contributed by atoms with Gasteiger partial charge in [-0.3, -0.25) is 9.59 Å². The molecule has 5 heteroatoms. The molecule has 4 aromatic carbocycles. The van der Waals surface area contributed by atoms with E-state index in [-0.39, 0.29) is 11.9 Å². The van der Waals surface area contributed by atoms with E-state index in [0.29, 0.717) is 26.1 Å². The lowest BCUT2D eigenvalue weighted by Crippen LogP contribution is -2.55. The standard InChI is InChI=1S/C35H30O5/c1-38-31(36)34(27-15-7-3-11-23(27)24-12-4-8-16-28(24)34)19-33(21-40-22-33)20-35(32(37)39-2)29-17-9-5-13-25(29)26-14-6-10-18-30(26)35/h3-18H,19-22H2,1-2H3. The third-order valence-electron chi connectivity index (χ3n) is 9.29. The number of rotatable bonds is 6. The summed E-state index contributed by atoms with van der Waals surface area (Å²) in [4.78, 5) is 28.1. The molecule has 0 aromatic heterocycles. The zero-order chi connectivity index (χ0) is 27.5. The fraction of sp³-hybridized carbons (Fsp3) is 0.257. The lowest BCUT2D eigenvalue weighted by molar-refractivity contribution is -0.165. The Morgan fingerprint density at radius 2 is 0.875 bits per heavy atom. The Morgan fingerprint density at radius 3 is 1.12 bits per heavy atom. The minimum Gasteiger partial charge on any atom is -0.468 e. The van der Waals surface area contributed by atoms with Crippen LogP contribution in [-0.4, -0.2) is 39.4 Å². The first-order chi connectivity index (χ1) is 19.5. The molecule has 5 nitrogen and oxygen atoms in total. The highest BCUT2D eigenvalue weighted by atomic mass is 16.5. The maximum atomic E-state index is 14.0. The summed E-state index contributed by atoms with van der Waals surface area (Å²) in [5.74, 6) is -0.592. The van der Waals surface area contributed by atoms with Crippen LogP contribution in [0.2, 0.25) is 0 Å². The Hall–Kier alpha value is -4.22. The molecule has 0 spiro atoms. The first-order valence-electron chi connectivity index (χ1n) is 13.6. The highest BCUT2D eigenvalue weighted by Crippen LogP contribution is 2.61. The van der Waals surface area contributed by atoms with Crippen LogP contribution in [0.15, 0.2) is 97.1 Å². The molecule has 40 heavy (non-hydrogen) atoms. The third-order valence-corrected chi connectivity index (χ3v) is 9.29. The number of carbonyl (C=O) groups excluding carboxylic acids is 2. The van der Waals surface area contributed by atoms with Crippen LogP contribution < -0.4 is 0 Å². The molecule has 0 unspecified atom stereocenters. The maximum Gasteiger partial charge on any atom is 0.320 e. The van der Waals surface area contributed by atoms with Crippen LogP contribution in [0.1, 0.15) is 35.1 Å². The summed E-state index contributed by atoms with van der Waals surface area (Å²) in [6.45, 7) is 0.859. The molecule has 0 N–H and O–H groups in total. The van der Waals surface area contributed by atoms with E-state index in [9.17, 15) is 9.59 Å². The summed E-state index contributed by atoms with van der Waals surface area (Å²) < 4.78 is 17.1. The van der Waals surface area contributed by atoms with Crippen molar-refractivity contribution in [1.82, 2.24) is 0 Å². The summed E-state index contributed by atoms with van der Waals surface area (Å²) in [7, 11) is 2.91. The minimum atomic E-state index is -1.03. The van der Waals surface area contributed by atoms with Crippen molar-refractivity contribution in [3.63, 3.8) is 0 Å². The van der Waals surface area contributed by atoms with Crippen molar-refractivity contribution < 1.29 is 23.8 Å². The van der Waals surface area contributed by atoms with Gasteiger partial charge in [0, 0.05) is 5.41 Å². The number of fused-ring (bicyclic) bond motifs is 6. The first kappa shape index (κ1) is 24.8. The highest BCUT2D eigenvalue weighted by molar-refractivity contribution is 5.99. The molecule has 1 fully saturated rings. The van der Waals surface area contributed by atoms with Crippen molar-refractivity contribution in [3.8, 4) is 22.3 Å². The van der Waals surface area contributed by atoms with Crippen LogP contribution in [0.3, 0.4) is 0 Å². The monoisotopic (exact) mass is 530 g/mol. The fourth-order valence-corrected chi connectivity index (χ4v) is 7.75. The van der Waals surface area contributed by atoms with Gasteiger partial charge in [0.05, 0.1) is 27.4 Å². The molecule has 0 radical (unpaired) electrons. The molecule has 0 atom stereocenters. The Labute approximate surface area is 233 Å². The van der Waals surface area contributed by atoms with E-state index in [0.717, 1.165) is 44.5 Å². The Kier molecular flexibility index (Phi) is 5.52. The lowest BCUT2D eigenvalue weighted by Gasteiger charge is -2.50. The van der Waals surface area contributed by atoms with Crippen LogP contribution in [0, 0.1) is 5.41 Å². The molecule has 4 aromatic rings. The van der Waals surface area contributed by atoms with Gasteiger partial charge in [-0.25, -0.2) is 0 Å². The van der Waals surface area contributed by atoms with Crippen LogP contribution in [0.4, 0.5) is 0 Å². The maximum absolute atomic E-state index is 14.0. The number of benzene rings is 4. The Bertz CT molecular complexity index is 1450. The van der Waals surface area contributed by atoms with Crippen molar-refractivity contribution in [2.24, 2.45) is 5.41 Å². The van der Waals surface area contributed by atoms with Gasteiger partial charge >= 0.3 is 11.9 Å². The molecule has 7 rings (SSSR count). The molecule has 0 amide bonds. The highest BCUT2D eigenvalue weighted by Gasteiger charge is 2.61. The summed E-state index contributed by atoms with van der Waals surface area (Å²) in [5.41, 5.74) is 5.36. The number of ether oxygens (including phenoxy) is 3. The summed E-state index contributed by atoms with van der Waals surface area (Å²) >= 11 is 0. The molecule has 2 aliphatic carbocycles. The second-order valence-corrected chi connectivity index (χ2v) is 11.3. The number of methoxy groups -OCH3 is 2. The number of hydrogen-bond donors (Lipinski definition) is 0. The summed E-state index contributed by atoms with van der Waals surface area (Å²) in [6, 6.07) is 32.4. The van der Waals surface area contributed by atoms with E-state index in [1.54, 1.807) is 0 Å². The molecule has 3 aliphatic rings. The molecule has 200 valence electrons. The van der Waals surface area contributed by atoms with Gasteiger partial charge in [0.15, 0.2) is 0 Å². The van der Waals surface area contributed by atoms with E-state index in [1.165, 1.54) is 14.2 Å². The van der Waals surface area contributed by atoms with E-state index in [1.807, 2.05) is 72.8 Å². The predicted octanol–water partition coefficient (Wildman–Crippen LogP) is 6.06. The molecule has 0 saturated carbocycles. The van der Waals surface area contributed by atoms with E-state index >= 15 is 0 Å². The first-order valence-corrected chi connectivity index (χ1v) is 13.6. The molecular formula is C35H30O5. The number of carbonyl (C=O) groups is 2. The van der Waals surface area contributed by atoms with Crippen LogP contribution in [0.25, 0.3) is 22.3 Å². The number of hydrogen-bond acceptors (Lipinski definition) is 5. The van der Waals surface area contributed by atoms with Gasteiger partial charge in [0.1, 0.15) is 10.8 Å². The minimum absolute atomic E-state index is 0.296. The van der Waals surface area contributed by atoms with Gasteiger partial charge in [-0.1, -0.05) is 97.1 Å². The van der Waals surface area contributed by atoms with Crippen molar-refractivity contribution >= 4 is 11.9 Å². The van der Waals surface area contributed by atoms with E-state index in [2.05, 4.69) is 24.3 Å². The quantitative estimate of drug-likeness (QED) is 0.284. The average Bonchev–Trinajstić information content (AvgIpc) is 3.44. The van der Waals surface area contributed by atoms with Crippen LogP contribution >= 0.6 is 0 Å². The SMILES string of the molecule is COC(=O)C1(CC2(CC3(C(=O)OC)c4ccccc4-c4ccccc43)COC2)c2ccccc2-c2ccccc21. The topological polar surface area (TPSA) is 61.8 Å². The molecule has 0 bridgehead atoms. The normalized spacial score (nSPS) is 17.9. The van der Waals surface area contributed by atoms with E-state index in [4.69, 9.17) is 14.2 Å². The summed E-state index contributed by atoms with van der Waals surface area (Å²) in [6.07, 6.45) is 0.896. The third kappa shape index (κ3) is 3.12. The predicted molar refractivity (Wildman–Crippen MR) is 152 cm³/mol. The Morgan fingerprint density at radius 1 is 0.575 bits per heavy atom. The average molecular weight is 531 g/mol. The van der Waals surface area contributed by atoms with Crippen molar-refractivity contribution in [2.45, 2.75) is 23.7 Å².